The summed E-state index contributed by atoms with van der Waals surface area (Å²) >= 11 is 6.06. The van der Waals surface area contributed by atoms with Gasteiger partial charge >= 0.3 is 6.18 Å². The molecule has 1 aromatic rings. The second-order valence-electron chi connectivity index (χ2n) is 4.68. The molecule has 0 spiro atoms. The van der Waals surface area contributed by atoms with Crippen LogP contribution in [0.25, 0.3) is 0 Å². The molecular formula is C12H19ClF3N3. The van der Waals surface area contributed by atoms with Gasteiger partial charge in [-0.2, -0.15) is 18.3 Å². The molecular weight excluding hydrogens is 279 g/mol. The van der Waals surface area contributed by atoms with Crippen LogP contribution in [0.4, 0.5) is 13.2 Å². The molecule has 0 saturated heterocycles. The molecule has 0 aliphatic rings. The Bertz CT molecular complexity index is 401. The van der Waals surface area contributed by atoms with Gasteiger partial charge in [-0.3, -0.25) is 4.68 Å². The van der Waals surface area contributed by atoms with Crippen molar-refractivity contribution in [3.8, 4) is 0 Å². The van der Waals surface area contributed by atoms with Gasteiger partial charge in [0.2, 0.25) is 0 Å². The number of alkyl halides is 3. The van der Waals surface area contributed by atoms with Gasteiger partial charge < -0.3 is 5.32 Å². The zero-order valence-corrected chi connectivity index (χ0v) is 12.0. The third kappa shape index (κ3) is 4.69. The molecule has 3 nitrogen and oxygen atoms in total. The van der Waals surface area contributed by atoms with Crippen LogP contribution >= 0.6 is 11.6 Å². The molecule has 0 aliphatic carbocycles. The molecule has 0 aliphatic heterocycles. The molecule has 1 aromatic heterocycles. The first-order valence-electron chi connectivity index (χ1n) is 6.29. The summed E-state index contributed by atoms with van der Waals surface area (Å²) in [4.78, 5) is 0. The maximum atomic E-state index is 12.4. The van der Waals surface area contributed by atoms with Crippen molar-refractivity contribution in [1.29, 1.82) is 0 Å². The minimum atomic E-state index is -4.16. The lowest BCUT2D eigenvalue weighted by molar-refractivity contribution is -0.136. The lowest BCUT2D eigenvalue weighted by Crippen LogP contribution is -2.26. The van der Waals surface area contributed by atoms with Crippen LogP contribution in [-0.2, 0) is 0 Å². The van der Waals surface area contributed by atoms with Crippen LogP contribution in [0.15, 0.2) is 6.20 Å². The van der Waals surface area contributed by atoms with Gasteiger partial charge in [-0.15, -0.1) is 0 Å². The Hall–Kier alpha value is -0.750. The fourth-order valence-corrected chi connectivity index (χ4v) is 2.24. The largest absolute Gasteiger partial charge is 0.389 e. The number of nitrogens with one attached hydrogen (secondary N) is 1. The first-order valence-corrected chi connectivity index (χ1v) is 6.67. The van der Waals surface area contributed by atoms with Crippen LogP contribution in [-0.4, -0.2) is 22.5 Å². The number of hydrogen-bond donors (Lipinski definition) is 1. The van der Waals surface area contributed by atoms with E-state index in [1.54, 1.807) is 4.68 Å². The molecule has 1 atom stereocenters. The summed E-state index contributed by atoms with van der Waals surface area (Å²) in [5.41, 5.74) is 0.628. The first-order chi connectivity index (χ1) is 8.76. The van der Waals surface area contributed by atoms with Crippen LogP contribution in [0.2, 0.25) is 5.02 Å². The number of hydrogen-bond acceptors (Lipinski definition) is 2. The zero-order valence-electron chi connectivity index (χ0n) is 11.3. The summed E-state index contributed by atoms with van der Waals surface area (Å²) in [6, 6.07) is -0.390. The summed E-state index contributed by atoms with van der Waals surface area (Å²) in [5.74, 6) is 0. The number of aromatic nitrogens is 2. The molecule has 1 heterocycles. The highest BCUT2D eigenvalue weighted by atomic mass is 35.5. The highest BCUT2D eigenvalue weighted by Crippen LogP contribution is 2.32. The Morgan fingerprint density at radius 1 is 1.42 bits per heavy atom. The predicted molar refractivity (Wildman–Crippen MR) is 69.3 cm³/mol. The number of nitrogens with zero attached hydrogens (tertiary/aromatic N) is 2. The Labute approximate surface area is 116 Å². The van der Waals surface area contributed by atoms with E-state index in [0.29, 0.717) is 17.3 Å². The molecule has 1 unspecified atom stereocenters. The molecule has 0 amide bonds. The SMILES string of the molecule is CCNC(CCC(F)(F)F)c1c(Cl)cnn1C(C)C. The van der Waals surface area contributed by atoms with Gasteiger partial charge in [0.1, 0.15) is 0 Å². The highest BCUT2D eigenvalue weighted by Gasteiger charge is 2.30. The van der Waals surface area contributed by atoms with E-state index in [2.05, 4.69) is 10.4 Å². The van der Waals surface area contributed by atoms with Gasteiger partial charge in [0, 0.05) is 12.5 Å². The molecule has 0 aromatic carbocycles. The van der Waals surface area contributed by atoms with E-state index in [1.807, 2.05) is 20.8 Å². The number of rotatable bonds is 6. The molecule has 0 fully saturated rings. The molecule has 0 radical (unpaired) electrons. The van der Waals surface area contributed by atoms with Crippen molar-refractivity contribution in [2.75, 3.05) is 6.54 Å². The van der Waals surface area contributed by atoms with Crippen molar-refractivity contribution in [2.24, 2.45) is 0 Å². The lowest BCUT2D eigenvalue weighted by Gasteiger charge is -2.22. The van der Waals surface area contributed by atoms with Gasteiger partial charge in [-0.1, -0.05) is 18.5 Å². The van der Waals surface area contributed by atoms with Gasteiger partial charge in [0.05, 0.1) is 23.0 Å². The summed E-state index contributed by atoms with van der Waals surface area (Å²) < 4.78 is 38.8. The van der Waals surface area contributed by atoms with Crippen molar-refractivity contribution < 1.29 is 13.2 Å². The molecule has 19 heavy (non-hydrogen) atoms. The summed E-state index contributed by atoms with van der Waals surface area (Å²) in [6.07, 6.45) is -3.57. The van der Waals surface area contributed by atoms with Crippen LogP contribution in [0, 0.1) is 0 Å². The summed E-state index contributed by atoms with van der Waals surface area (Å²) in [6.45, 7) is 6.26. The normalized spacial score (nSPS) is 14.1. The smallest absolute Gasteiger partial charge is 0.309 e. The van der Waals surface area contributed by atoms with Crippen molar-refractivity contribution in [2.45, 2.75) is 51.9 Å². The van der Waals surface area contributed by atoms with Crippen molar-refractivity contribution in [1.82, 2.24) is 15.1 Å². The second-order valence-corrected chi connectivity index (χ2v) is 5.09. The maximum Gasteiger partial charge on any atom is 0.389 e. The molecule has 7 heteroatoms. The van der Waals surface area contributed by atoms with Crippen LogP contribution in [0.5, 0.6) is 0 Å². The van der Waals surface area contributed by atoms with Gasteiger partial charge in [0.25, 0.3) is 0 Å². The minimum absolute atomic E-state index is 0.0462. The topological polar surface area (TPSA) is 29.9 Å². The van der Waals surface area contributed by atoms with Crippen molar-refractivity contribution in [3.63, 3.8) is 0 Å². The number of halogens is 4. The van der Waals surface area contributed by atoms with Crippen LogP contribution in [0.1, 0.15) is 51.4 Å². The maximum absolute atomic E-state index is 12.4. The molecule has 0 saturated carbocycles. The van der Waals surface area contributed by atoms with E-state index >= 15 is 0 Å². The lowest BCUT2D eigenvalue weighted by atomic mass is 10.1. The monoisotopic (exact) mass is 297 g/mol. The molecule has 0 bridgehead atoms. The average Bonchev–Trinajstić information content (AvgIpc) is 2.65. The Morgan fingerprint density at radius 3 is 2.53 bits per heavy atom. The predicted octanol–water partition coefficient (Wildman–Crippen LogP) is 4.11. The van der Waals surface area contributed by atoms with Crippen LogP contribution < -0.4 is 5.32 Å². The Kier molecular flexibility index (Phi) is 5.67. The minimum Gasteiger partial charge on any atom is -0.309 e. The third-order valence-electron chi connectivity index (χ3n) is 2.77. The van der Waals surface area contributed by atoms with E-state index in [9.17, 15) is 13.2 Å². The highest BCUT2D eigenvalue weighted by molar-refractivity contribution is 6.31. The first kappa shape index (κ1) is 16.3. The standard InChI is InChI=1S/C12H19ClF3N3/c1-4-17-10(5-6-12(14,15)16)11-9(13)7-18-19(11)8(2)3/h7-8,10,17H,4-6H2,1-3H3. The van der Waals surface area contributed by atoms with Crippen molar-refractivity contribution in [3.05, 3.63) is 16.9 Å². The Balaban J connectivity index is 2.95. The molecule has 110 valence electrons. The molecule has 1 N–H and O–H groups in total. The van der Waals surface area contributed by atoms with Gasteiger partial charge in [0.15, 0.2) is 0 Å². The fourth-order valence-electron chi connectivity index (χ4n) is 1.98. The quantitative estimate of drug-likeness (QED) is 0.856. The van der Waals surface area contributed by atoms with Gasteiger partial charge in [-0.25, -0.2) is 0 Å². The summed E-state index contributed by atoms with van der Waals surface area (Å²) in [5, 5.41) is 7.58. The fraction of sp³-hybridized carbons (Fsp3) is 0.750. The van der Waals surface area contributed by atoms with Gasteiger partial charge in [-0.05, 0) is 26.8 Å². The zero-order chi connectivity index (χ0) is 14.6. The van der Waals surface area contributed by atoms with E-state index in [-0.39, 0.29) is 12.5 Å². The molecule has 1 rings (SSSR count). The van der Waals surface area contributed by atoms with Crippen molar-refractivity contribution >= 4 is 11.6 Å². The van der Waals surface area contributed by atoms with E-state index < -0.39 is 18.6 Å². The van der Waals surface area contributed by atoms with Crippen LogP contribution in [0.3, 0.4) is 0 Å². The summed E-state index contributed by atoms with van der Waals surface area (Å²) in [7, 11) is 0. The van der Waals surface area contributed by atoms with E-state index in [1.165, 1.54) is 6.20 Å². The third-order valence-corrected chi connectivity index (χ3v) is 3.06. The average molecular weight is 298 g/mol. The second kappa shape index (κ2) is 6.61. The van der Waals surface area contributed by atoms with E-state index in [0.717, 1.165) is 0 Å². The van der Waals surface area contributed by atoms with E-state index in [4.69, 9.17) is 11.6 Å². The Morgan fingerprint density at radius 2 is 2.05 bits per heavy atom.